The van der Waals surface area contributed by atoms with Crippen LogP contribution < -0.4 is 15.2 Å². The van der Waals surface area contributed by atoms with Crippen molar-refractivity contribution in [1.82, 2.24) is 0 Å². The Morgan fingerprint density at radius 2 is 1.38 bits per heavy atom. The number of phenols is 2. The summed E-state index contributed by atoms with van der Waals surface area (Å²) in [6.07, 6.45) is -0.107. The second kappa shape index (κ2) is 9.36. The highest BCUT2D eigenvalue weighted by Crippen LogP contribution is 2.31. The van der Waals surface area contributed by atoms with Gasteiger partial charge in [-0.05, 0) is 45.9 Å². The van der Waals surface area contributed by atoms with E-state index >= 15 is 0 Å². The Hall–Kier alpha value is -3.16. The molecular weight excluding hydrogens is 340 g/mol. The van der Waals surface area contributed by atoms with Gasteiger partial charge in [-0.2, -0.15) is 0 Å². The number of aromatic hydroxyl groups is 2. The molecule has 0 atom stereocenters. The predicted molar refractivity (Wildman–Crippen MR) is 98.8 cm³/mol. The fourth-order valence-electron chi connectivity index (χ4n) is 1.88. The van der Waals surface area contributed by atoms with Crippen LogP contribution in [0.1, 0.15) is 27.7 Å². The van der Waals surface area contributed by atoms with Crippen LogP contribution in [0.25, 0.3) is 0 Å². The lowest BCUT2D eigenvalue weighted by atomic mass is 10.3. The smallest absolute Gasteiger partial charge is 0.311 e. The van der Waals surface area contributed by atoms with Gasteiger partial charge in [0.05, 0.1) is 22.8 Å². The molecule has 0 aliphatic heterocycles. The Morgan fingerprint density at radius 1 is 0.923 bits per heavy atom. The average Bonchev–Trinajstić information content (AvgIpc) is 2.50. The molecule has 0 aromatic heterocycles. The minimum atomic E-state index is -0.544. The van der Waals surface area contributed by atoms with Crippen molar-refractivity contribution in [2.75, 3.05) is 5.73 Å². The average molecular weight is 364 g/mol. The van der Waals surface area contributed by atoms with Crippen molar-refractivity contribution in [3.63, 3.8) is 0 Å². The second-order valence-corrected chi connectivity index (χ2v) is 5.96. The molecule has 0 radical (unpaired) electrons. The largest absolute Gasteiger partial charge is 0.508 e. The number of hydrogen-bond acceptors (Lipinski definition) is 7. The summed E-state index contributed by atoms with van der Waals surface area (Å²) in [4.78, 5) is 10.0. The lowest BCUT2D eigenvalue weighted by Gasteiger charge is -2.11. The van der Waals surface area contributed by atoms with Crippen LogP contribution >= 0.6 is 0 Å². The van der Waals surface area contributed by atoms with Gasteiger partial charge in [-0.25, -0.2) is 0 Å². The first-order valence-electron chi connectivity index (χ1n) is 7.99. The third-order valence-electron chi connectivity index (χ3n) is 2.86. The lowest BCUT2D eigenvalue weighted by Crippen LogP contribution is -2.07. The molecule has 4 N–H and O–H groups in total. The van der Waals surface area contributed by atoms with Gasteiger partial charge in [-0.1, -0.05) is 0 Å². The molecule has 0 heterocycles. The topological polar surface area (TPSA) is 128 Å². The summed E-state index contributed by atoms with van der Waals surface area (Å²) in [6, 6.07) is 8.36. The SMILES string of the molecule is CC(C)Oc1cc(O)ccc1N.CC(C)Oc1cc(O)ccc1[N+](=O)[O-]. The zero-order valence-electron chi connectivity index (χ0n) is 15.2. The lowest BCUT2D eigenvalue weighted by molar-refractivity contribution is -0.386. The molecule has 0 spiro atoms. The Kier molecular flexibility index (Phi) is 7.52. The van der Waals surface area contributed by atoms with Crippen LogP contribution in [-0.2, 0) is 0 Å². The van der Waals surface area contributed by atoms with Gasteiger partial charge in [0.15, 0.2) is 0 Å². The molecule has 8 nitrogen and oxygen atoms in total. The molecule has 0 saturated heterocycles. The standard InChI is InChI=1S/C9H11NO4.C9H13NO2/c1-6(2)14-9-5-7(11)3-4-8(9)10(12)13;1-6(2)12-9-5-7(11)3-4-8(9)10/h3-6,11H,1-2H3;3-6,11H,10H2,1-2H3. The Labute approximate surface area is 151 Å². The Morgan fingerprint density at radius 3 is 1.88 bits per heavy atom. The van der Waals surface area contributed by atoms with E-state index in [-0.39, 0.29) is 35.1 Å². The maximum atomic E-state index is 10.6. The van der Waals surface area contributed by atoms with Crippen LogP contribution in [-0.4, -0.2) is 27.3 Å². The first-order chi connectivity index (χ1) is 12.1. The van der Waals surface area contributed by atoms with Crippen molar-refractivity contribution in [2.24, 2.45) is 0 Å². The summed E-state index contributed by atoms with van der Waals surface area (Å²) < 4.78 is 10.5. The van der Waals surface area contributed by atoms with Crippen molar-refractivity contribution in [2.45, 2.75) is 39.9 Å². The first-order valence-corrected chi connectivity index (χ1v) is 7.99. The summed E-state index contributed by atoms with van der Waals surface area (Å²) in [6.45, 7) is 7.33. The number of ether oxygens (including phenoxy) is 2. The molecule has 0 aliphatic carbocycles. The third kappa shape index (κ3) is 6.76. The predicted octanol–water partition coefficient (Wildman–Crippen LogP) is 3.85. The van der Waals surface area contributed by atoms with Gasteiger partial charge in [0.1, 0.15) is 17.2 Å². The summed E-state index contributed by atoms with van der Waals surface area (Å²) in [5.41, 5.74) is 6.00. The summed E-state index contributed by atoms with van der Waals surface area (Å²) in [5.74, 6) is 0.737. The monoisotopic (exact) mass is 364 g/mol. The number of rotatable bonds is 5. The molecule has 2 rings (SSSR count). The van der Waals surface area contributed by atoms with E-state index in [2.05, 4.69) is 0 Å². The van der Waals surface area contributed by atoms with Crippen LogP contribution in [0.5, 0.6) is 23.0 Å². The van der Waals surface area contributed by atoms with Crippen LogP contribution in [0.4, 0.5) is 11.4 Å². The van der Waals surface area contributed by atoms with E-state index in [4.69, 9.17) is 25.4 Å². The van der Waals surface area contributed by atoms with E-state index in [0.717, 1.165) is 0 Å². The first kappa shape index (κ1) is 20.9. The maximum Gasteiger partial charge on any atom is 0.311 e. The molecule has 2 aromatic rings. The van der Waals surface area contributed by atoms with E-state index in [1.54, 1.807) is 19.9 Å². The van der Waals surface area contributed by atoms with Crippen molar-refractivity contribution >= 4 is 11.4 Å². The highest BCUT2D eigenvalue weighted by atomic mass is 16.6. The summed E-state index contributed by atoms with van der Waals surface area (Å²) in [5, 5.41) is 28.8. The van der Waals surface area contributed by atoms with E-state index in [1.165, 1.54) is 30.3 Å². The number of nitrogens with zero attached hydrogens (tertiary/aromatic N) is 1. The van der Waals surface area contributed by atoms with Crippen LogP contribution in [0.3, 0.4) is 0 Å². The number of anilines is 1. The van der Waals surface area contributed by atoms with Gasteiger partial charge in [-0.3, -0.25) is 10.1 Å². The molecular formula is C18H24N2O6. The molecule has 0 amide bonds. The quantitative estimate of drug-likeness (QED) is 0.318. The number of benzene rings is 2. The molecule has 0 unspecified atom stereocenters. The second-order valence-electron chi connectivity index (χ2n) is 5.96. The Balaban J connectivity index is 0.000000263. The van der Waals surface area contributed by atoms with Gasteiger partial charge in [0, 0.05) is 18.2 Å². The highest BCUT2D eigenvalue weighted by molar-refractivity contribution is 5.55. The minimum Gasteiger partial charge on any atom is -0.508 e. The highest BCUT2D eigenvalue weighted by Gasteiger charge is 2.16. The van der Waals surface area contributed by atoms with Crippen molar-refractivity contribution in [1.29, 1.82) is 0 Å². The number of nitro groups is 1. The van der Waals surface area contributed by atoms with Crippen molar-refractivity contribution in [3.8, 4) is 23.0 Å². The molecule has 26 heavy (non-hydrogen) atoms. The number of hydrogen-bond donors (Lipinski definition) is 3. The molecule has 0 bridgehead atoms. The number of nitro benzene ring substituents is 1. The number of nitrogen functional groups attached to an aromatic ring is 1. The molecule has 0 saturated carbocycles. The molecule has 0 aliphatic rings. The molecule has 142 valence electrons. The van der Waals surface area contributed by atoms with Crippen molar-refractivity contribution < 1.29 is 24.6 Å². The van der Waals surface area contributed by atoms with Gasteiger partial charge < -0.3 is 25.4 Å². The number of phenolic OH excluding ortho intramolecular Hbond substituents is 2. The van der Waals surface area contributed by atoms with E-state index in [1.807, 2.05) is 13.8 Å². The summed E-state index contributed by atoms with van der Waals surface area (Å²) in [7, 11) is 0. The van der Waals surface area contributed by atoms with E-state index in [9.17, 15) is 10.1 Å². The van der Waals surface area contributed by atoms with Gasteiger partial charge in [0.2, 0.25) is 5.75 Å². The van der Waals surface area contributed by atoms with Gasteiger partial charge >= 0.3 is 5.69 Å². The normalized spacial score (nSPS) is 10.2. The molecule has 2 aromatic carbocycles. The fraction of sp³-hybridized carbons (Fsp3) is 0.333. The summed E-state index contributed by atoms with van der Waals surface area (Å²) >= 11 is 0. The van der Waals surface area contributed by atoms with E-state index < -0.39 is 4.92 Å². The van der Waals surface area contributed by atoms with Crippen LogP contribution in [0.15, 0.2) is 36.4 Å². The van der Waals surface area contributed by atoms with Crippen molar-refractivity contribution in [3.05, 3.63) is 46.5 Å². The molecule has 0 fully saturated rings. The third-order valence-corrected chi connectivity index (χ3v) is 2.86. The van der Waals surface area contributed by atoms with E-state index in [0.29, 0.717) is 11.4 Å². The van der Waals surface area contributed by atoms with Gasteiger partial charge in [-0.15, -0.1) is 0 Å². The Bertz CT molecular complexity index is 746. The van der Waals surface area contributed by atoms with Gasteiger partial charge in [0.25, 0.3) is 0 Å². The van der Waals surface area contributed by atoms with Crippen LogP contribution in [0.2, 0.25) is 0 Å². The van der Waals surface area contributed by atoms with Crippen LogP contribution in [0, 0.1) is 10.1 Å². The maximum absolute atomic E-state index is 10.6. The number of nitrogens with two attached hydrogens (primary N) is 1. The zero-order valence-corrected chi connectivity index (χ0v) is 15.2. The fourth-order valence-corrected chi connectivity index (χ4v) is 1.88. The minimum absolute atomic E-state index is 0.0498. The zero-order chi connectivity index (χ0) is 19.9. The molecule has 8 heteroatoms.